The average Bonchev–Trinajstić information content (AvgIpc) is 3.01. The van der Waals surface area contributed by atoms with Crippen molar-refractivity contribution in [2.45, 2.75) is 20.3 Å². The number of carbonyl (C=O) groups is 1. The zero-order valence-electron chi connectivity index (χ0n) is 13.5. The van der Waals surface area contributed by atoms with Gasteiger partial charge in [-0.2, -0.15) is 0 Å². The first-order valence-corrected chi connectivity index (χ1v) is 8.25. The van der Waals surface area contributed by atoms with Gasteiger partial charge in [-0.1, -0.05) is 26.0 Å². The number of para-hydroxylation sites is 1. The summed E-state index contributed by atoms with van der Waals surface area (Å²) in [6, 6.07) is 7.71. The Labute approximate surface area is 135 Å². The highest BCUT2D eigenvalue weighted by Crippen LogP contribution is 2.32. The Morgan fingerprint density at radius 2 is 2.09 bits per heavy atom. The van der Waals surface area contributed by atoms with Crippen molar-refractivity contribution in [1.29, 1.82) is 0 Å². The highest BCUT2D eigenvalue weighted by Gasteiger charge is 2.17. The Morgan fingerprint density at radius 3 is 2.77 bits per heavy atom. The van der Waals surface area contributed by atoms with E-state index in [1.807, 2.05) is 36.7 Å². The molecule has 1 aromatic carbocycles. The number of ether oxygens (including phenoxy) is 1. The molecule has 0 atom stereocenters. The summed E-state index contributed by atoms with van der Waals surface area (Å²) in [6.45, 7) is 5.06. The predicted molar refractivity (Wildman–Crippen MR) is 90.5 cm³/mol. The molecule has 2 rings (SSSR count). The molecule has 4 nitrogen and oxygen atoms in total. The number of nitrogens with zero attached hydrogens (tertiary/aromatic N) is 2. The summed E-state index contributed by atoms with van der Waals surface area (Å²) in [7, 11) is 3.46. The van der Waals surface area contributed by atoms with Gasteiger partial charge < -0.3 is 9.64 Å². The first kappa shape index (κ1) is 16.5. The smallest absolute Gasteiger partial charge is 0.273 e. The van der Waals surface area contributed by atoms with Crippen LogP contribution in [0.5, 0.6) is 5.75 Å². The minimum atomic E-state index is -0.0296. The zero-order chi connectivity index (χ0) is 16.1. The lowest BCUT2D eigenvalue weighted by molar-refractivity contribution is 0.0784. The van der Waals surface area contributed by atoms with Gasteiger partial charge in [0.15, 0.2) is 0 Å². The summed E-state index contributed by atoms with van der Waals surface area (Å²) in [5, 5.41) is 2.62. The fourth-order valence-electron chi connectivity index (χ4n) is 2.07. The van der Waals surface area contributed by atoms with Crippen LogP contribution in [0.25, 0.3) is 10.6 Å². The molecule has 5 heteroatoms. The lowest BCUT2D eigenvalue weighted by Gasteiger charge is -2.16. The number of hydrogen-bond acceptors (Lipinski definition) is 4. The van der Waals surface area contributed by atoms with Crippen molar-refractivity contribution in [3.05, 3.63) is 35.3 Å². The van der Waals surface area contributed by atoms with Crippen LogP contribution < -0.4 is 4.74 Å². The van der Waals surface area contributed by atoms with E-state index >= 15 is 0 Å². The molecule has 0 spiro atoms. The summed E-state index contributed by atoms with van der Waals surface area (Å²) in [6.07, 6.45) is 0.992. The SMILES string of the molecule is COc1ccccc1-c1nc(C(=O)N(C)CCC(C)C)cs1. The second-order valence-corrected chi connectivity index (χ2v) is 6.51. The van der Waals surface area contributed by atoms with E-state index in [4.69, 9.17) is 4.74 Å². The average molecular weight is 318 g/mol. The summed E-state index contributed by atoms with van der Waals surface area (Å²) in [5.74, 6) is 1.32. The molecule has 2 aromatic rings. The van der Waals surface area contributed by atoms with Crippen LogP contribution in [0.2, 0.25) is 0 Å². The quantitative estimate of drug-likeness (QED) is 0.810. The fourth-order valence-corrected chi connectivity index (χ4v) is 2.89. The number of hydrogen-bond donors (Lipinski definition) is 0. The van der Waals surface area contributed by atoms with Crippen LogP contribution in [0.1, 0.15) is 30.8 Å². The van der Waals surface area contributed by atoms with Gasteiger partial charge in [0.1, 0.15) is 16.5 Å². The van der Waals surface area contributed by atoms with E-state index in [1.54, 1.807) is 12.0 Å². The Morgan fingerprint density at radius 1 is 1.36 bits per heavy atom. The molecular formula is C17H22N2O2S. The number of thiazole rings is 1. The monoisotopic (exact) mass is 318 g/mol. The molecule has 0 aliphatic rings. The molecule has 1 aromatic heterocycles. The summed E-state index contributed by atoms with van der Waals surface area (Å²) >= 11 is 1.46. The molecule has 0 bridgehead atoms. The topological polar surface area (TPSA) is 42.4 Å². The van der Waals surface area contributed by atoms with Crippen molar-refractivity contribution < 1.29 is 9.53 Å². The molecule has 0 fully saturated rings. The second-order valence-electron chi connectivity index (χ2n) is 5.65. The van der Waals surface area contributed by atoms with E-state index in [2.05, 4.69) is 18.8 Å². The van der Waals surface area contributed by atoms with E-state index in [0.717, 1.165) is 29.3 Å². The molecule has 22 heavy (non-hydrogen) atoms. The third-order valence-corrected chi connectivity index (χ3v) is 4.32. The molecule has 1 amide bonds. The fraction of sp³-hybridized carbons (Fsp3) is 0.412. The van der Waals surface area contributed by atoms with Crippen LogP contribution in [0.4, 0.5) is 0 Å². The summed E-state index contributed by atoms with van der Waals surface area (Å²) in [5.41, 5.74) is 1.41. The molecule has 0 saturated heterocycles. The number of carbonyl (C=O) groups excluding carboxylic acids is 1. The minimum absolute atomic E-state index is 0.0296. The van der Waals surface area contributed by atoms with Gasteiger partial charge in [-0.05, 0) is 24.5 Å². The van der Waals surface area contributed by atoms with Crippen molar-refractivity contribution in [2.75, 3.05) is 20.7 Å². The first-order valence-electron chi connectivity index (χ1n) is 7.37. The van der Waals surface area contributed by atoms with Gasteiger partial charge in [0.25, 0.3) is 5.91 Å². The van der Waals surface area contributed by atoms with Crippen LogP contribution >= 0.6 is 11.3 Å². The van der Waals surface area contributed by atoms with Crippen molar-refractivity contribution in [1.82, 2.24) is 9.88 Å². The number of benzene rings is 1. The number of methoxy groups -OCH3 is 1. The van der Waals surface area contributed by atoms with Crippen LogP contribution in [0.15, 0.2) is 29.6 Å². The van der Waals surface area contributed by atoms with Crippen molar-refractivity contribution >= 4 is 17.2 Å². The number of amides is 1. The highest BCUT2D eigenvalue weighted by molar-refractivity contribution is 7.13. The van der Waals surface area contributed by atoms with Gasteiger partial charge in [-0.15, -0.1) is 11.3 Å². The lowest BCUT2D eigenvalue weighted by Crippen LogP contribution is -2.28. The Balaban J connectivity index is 2.15. The molecule has 0 aliphatic heterocycles. The molecule has 118 valence electrons. The third kappa shape index (κ3) is 3.85. The Hall–Kier alpha value is -1.88. The maximum Gasteiger partial charge on any atom is 0.273 e. The molecular weight excluding hydrogens is 296 g/mol. The number of rotatable bonds is 6. The Kier molecular flexibility index (Phi) is 5.55. The van der Waals surface area contributed by atoms with Gasteiger partial charge in [-0.25, -0.2) is 4.98 Å². The van der Waals surface area contributed by atoms with Crippen LogP contribution in [0.3, 0.4) is 0 Å². The normalized spacial score (nSPS) is 10.8. The van der Waals surface area contributed by atoms with E-state index in [9.17, 15) is 4.79 Å². The van der Waals surface area contributed by atoms with Gasteiger partial charge >= 0.3 is 0 Å². The van der Waals surface area contributed by atoms with E-state index in [-0.39, 0.29) is 5.91 Å². The molecule has 1 heterocycles. The highest BCUT2D eigenvalue weighted by atomic mass is 32.1. The summed E-state index contributed by atoms with van der Waals surface area (Å²) in [4.78, 5) is 18.6. The molecule has 0 N–H and O–H groups in total. The van der Waals surface area contributed by atoms with Gasteiger partial charge in [0, 0.05) is 19.0 Å². The van der Waals surface area contributed by atoms with Crippen molar-refractivity contribution in [3.8, 4) is 16.3 Å². The largest absolute Gasteiger partial charge is 0.496 e. The predicted octanol–water partition coefficient (Wildman–Crippen LogP) is 3.94. The van der Waals surface area contributed by atoms with Crippen LogP contribution in [0, 0.1) is 5.92 Å². The standard InChI is InChI=1S/C17H22N2O2S/c1-12(2)9-10-19(3)17(20)14-11-22-16(18-14)13-7-5-6-8-15(13)21-4/h5-8,11-12H,9-10H2,1-4H3. The maximum atomic E-state index is 12.4. The van der Waals surface area contributed by atoms with Crippen molar-refractivity contribution in [3.63, 3.8) is 0 Å². The van der Waals surface area contributed by atoms with Crippen LogP contribution in [-0.4, -0.2) is 36.5 Å². The first-order chi connectivity index (χ1) is 10.5. The minimum Gasteiger partial charge on any atom is -0.496 e. The van der Waals surface area contributed by atoms with E-state index in [1.165, 1.54) is 11.3 Å². The molecule has 0 unspecified atom stereocenters. The zero-order valence-corrected chi connectivity index (χ0v) is 14.3. The van der Waals surface area contributed by atoms with Gasteiger partial charge in [0.05, 0.1) is 12.7 Å². The third-order valence-electron chi connectivity index (χ3n) is 3.45. The van der Waals surface area contributed by atoms with Gasteiger partial charge in [-0.3, -0.25) is 4.79 Å². The summed E-state index contributed by atoms with van der Waals surface area (Å²) < 4.78 is 5.35. The number of aromatic nitrogens is 1. The lowest BCUT2D eigenvalue weighted by atomic mass is 10.1. The second kappa shape index (κ2) is 7.40. The molecule has 0 radical (unpaired) electrons. The maximum absolute atomic E-state index is 12.4. The van der Waals surface area contributed by atoms with E-state index in [0.29, 0.717) is 11.6 Å². The molecule has 0 saturated carbocycles. The van der Waals surface area contributed by atoms with Crippen molar-refractivity contribution in [2.24, 2.45) is 5.92 Å². The molecule has 0 aliphatic carbocycles. The van der Waals surface area contributed by atoms with Crippen LogP contribution in [-0.2, 0) is 0 Å². The van der Waals surface area contributed by atoms with Gasteiger partial charge in [0.2, 0.25) is 0 Å². The van der Waals surface area contributed by atoms with E-state index < -0.39 is 0 Å². The Bertz CT molecular complexity index is 637.